The number of carbonyl (C=O) groups excluding carboxylic acids is 2. The molecule has 0 unspecified atom stereocenters. The zero-order valence-electron chi connectivity index (χ0n) is 8.92. The first kappa shape index (κ1) is 11.9. The Hall–Kier alpha value is -1.06. The van der Waals surface area contributed by atoms with Crippen LogP contribution in [0.15, 0.2) is 0 Å². The molecule has 0 saturated heterocycles. The summed E-state index contributed by atoms with van der Waals surface area (Å²) in [5, 5.41) is 2.66. The first-order valence-corrected chi connectivity index (χ1v) is 4.34. The largest absolute Gasteiger partial charge is 0.335 e. The minimum Gasteiger partial charge on any atom is -0.335 e. The number of carbonyl (C=O) groups is 2. The second-order valence-corrected chi connectivity index (χ2v) is 4.25. The maximum atomic E-state index is 11.4. The number of amides is 3. The molecule has 0 heterocycles. The third-order valence-electron chi connectivity index (χ3n) is 1.46. The van der Waals surface area contributed by atoms with E-state index in [1.54, 1.807) is 20.8 Å². The van der Waals surface area contributed by atoms with E-state index < -0.39 is 5.54 Å². The molecular weight excluding hydrogens is 168 g/mol. The number of urea groups is 1. The summed E-state index contributed by atoms with van der Waals surface area (Å²) in [7, 11) is 0. The molecule has 0 spiro atoms. The van der Waals surface area contributed by atoms with E-state index in [0.717, 1.165) is 4.90 Å². The zero-order valence-corrected chi connectivity index (χ0v) is 8.92. The predicted octanol–water partition coefficient (Wildman–Crippen LogP) is 1.36. The van der Waals surface area contributed by atoms with Gasteiger partial charge in [0.1, 0.15) is 0 Å². The zero-order chi connectivity index (χ0) is 10.6. The number of rotatable bonds is 2. The van der Waals surface area contributed by atoms with Gasteiger partial charge in [0.25, 0.3) is 0 Å². The van der Waals surface area contributed by atoms with Crippen molar-refractivity contribution in [2.45, 2.75) is 46.2 Å². The molecule has 4 heteroatoms. The highest BCUT2D eigenvalue weighted by Crippen LogP contribution is 2.10. The van der Waals surface area contributed by atoms with E-state index in [9.17, 15) is 9.59 Å². The number of nitrogens with one attached hydrogen (secondary N) is 1. The van der Waals surface area contributed by atoms with Crippen LogP contribution in [-0.4, -0.2) is 28.9 Å². The Morgan fingerprint density at radius 1 is 1.38 bits per heavy atom. The monoisotopic (exact) mass is 186 g/mol. The summed E-state index contributed by atoms with van der Waals surface area (Å²) in [5.41, 5.74) is -0.472. The second-order valence-electron chi connectivity index (χ2n) is 4.25. The van der Waals surface area contributed by atoms with Gasteiger partial charge in [-0.3, -0.25) is 9.69 Å². The molecule has 0 radical (unpaired) electrons. The van der Waals surface area contributed by atoms with Crippen molar-refractivity contribution >= 4 is 12.4 Å². The molecule has 0 aliphatic heterocycles. The van der Waals surface area contributed by atoms with Crippen molar-refractivity contribution < 1.29 is 9.59 Å². The quantitative estimate of drug-likeness (QED) is 0.662. The van der Waals surface area contributed by atoms with Gasteiger partial charge in [0, 0.05) is 11.6 Å². The molecule has 0 atom stereocenters. The standard InChI is InChI=1S/C9H18N2O2/c1-7(2)10-8(13)11(6-12)9(3,4)5/h6-7H,1-5H3,(H,10,13). The van der Waals surface area contributed by atoms with E-state index in [4.69, 9.17) is 0 Å². The lowest BCUT2D eigenvalue weighted by atomic mass is 10.1. The van der Waals surface area contributed by atoms with Crippen molar-refractivity contribution in [3.63, 3.8) is 0 Å². The molecule has 0 aliphatic rings. The molecule has 0 saturated carbocycles. The van der Waals surface area contributed by atoms with Crippen LogP contribution in [0.25, 0.3) is 0 Å². The summed E-state index contributed by atoms with van der Waals surface area (Å²) in [6.07, 6.45) is 0.553. The summed E-state index contributed by atoms with van der Waals surface area (Å²) >= 11 is 0. The molecular formula is C9H18N2O2. The molecule has 76 valence electrons. The van der Waals surface area contributed by atoms with Crippen LogP contribution in [0, 0.1) is 0 Å². The van der Waals surface area contributed by atoms with Gasteiger partial charge in [-0.25, -0.2) is 4.79 Å². The lowest BCUT2D eigenvalue weighted by Crippen LogP contribution is -2.51. The normalized spacial score (nSPS) is 11.2. The van der Waals surface area contributed by atoms with Crippen LogP contribution in [-0.2, 0) is 4.79 Å². The molecule has 0 aromatic carbocycles. The molecule has 0 rings (SSSR count). The SMILES string of the molecule is CC(C)NC(=O)N(C=O)C(C)(C)C. The maximum absolute atomic E-state index is 11.4. The summed E-state index contributed by atoms with van der Waals surface area (Å²) < 4.78 is 0. The molecule has 0 fully saturated rings. The molecule has 0 aliphatic carbocycles. The van der Waals surface area contributed by atoms with Crippen molar-refractivity contribution in [1.29, 1.82) is 0 Å². The van der Waals surface area contributed by atoms with Gasteiger partial charge in [-0.2, -0.15) is 0 Å². The molecule has 0 aromatic rings. The van der Waals surface area contributed by atoms with Crippen LogP contribution >= 0.6 is 0 Å². The van der Waals surface area contributed by atoms with E-state index in [2.05, 4.69) is 5.32 Å². The van der Waals surface area contributed by atoms with Crippen LogP contribution < -0.4 is 5.32 Å². The molecule has 0 aromatic heterocycles. The van der Waals surface area contributed by atoms with Crippen molar-refractivity contribution in [1.82, 2.24) is 10.2 Å². The first-order valence-electron chi connectivity index (χ1n) is 4.34. The Morgan fingerprint density at radius 3 is 2.08 bits per heavy atom. The van der Waals surface area contributed by atoms with Crippen LogP contribution in [0.5, 0.6) is 0 Å². The van der Waals surface area contributed by atoms with E-state index in [1.165, 1.54) is 0 Å². The van der Waals surface area contributed by atoms with Crippen molar-refractivity contribution in [3.8, 4) is 0 Å². The topological polar surface area (TPSA) is 49.4 Å². The average molecular weight is 186 g/mol. The van der Waals surface area contributed by atoms with Crippen molar-refractivity contribution in [2.24, 2.45) is 0 Å². The van der Waals surface area contributed by atoms with Gasteiger partial charge < -0.3 is 5.32 Å². The average Bonchev–Trinajstić information content (AvgIpc) is 1.82. The molecule has 0 bridgehead atoms. The van der Waals surface area contributed by atoms with Gasteiger partial charge in [0.15, 0.2) is 0 Å². The maximum Gasteiger partial charge on any atom is 0.324 e. The Labute approximate surface area is 79.3 Å². The lowest BCUT2D eigenvalue weighted by molar-refractivity contribution is -0.118. The highest BCUT2D eigenvalue weighted by molar-refractivity contribution is 5.85. The summed E-state index contributed by atoms with van der Waals surface area (Å²) in [5.74, 6) is 0. The summed E-state index contributed by atoms with van der Waals surface area (Å²) in [4.78, 5) is 23.2. The number of hydrogen-bond acceptors (Lipinski definition) is 2. The highest BCUT2D eigenvalue weighted by atomic mass is 16.2. The predicted molar refractivity (Wildman–Crippen MR) is 51.3 cm³/mol. The third kappa shape index (κ3) is 3.92. The Bertz CT molecular complexity index is 194. The van der Waals surface area contributed by atoms with E-state index >= 15 is 0 Å². The van der Waals surface area contributed by atoms with Gasteiger partial charge in [0.05, 0.1) is 0 Å². The highest BCUT2D eigenvalue weighted by Gasteiger charge is 2.25. The van der Waals surface area contributed by atoms with Gasteiger partial charge in [-0.15, -0.1) is 0 Å². The van der Waals surface area contributed by atoms with Gasteiger partial charge >= 0.3 is 6.03 Å². The van der Waals surface area contributed by atoms with Gasteiger partial charge in [-0.05, 0) is 34.6 Å². The fraction of sp³-hybridized carbons (Fsp3) is 0.778. The van der Waals surface area contributed by atoms with Crippen molar-refractivity contribution in [2.75, 3.05) is 0 Å². The first-order chi connectivity index (χ1) is 5.79. The number of hydrogen-bond donors (Lipinski definition) is 1. The van der Waals surface area contributed by atoms with Gasteiger partial charge in [-0.1, -0.05) is 0 Å². The fourth-order valence-corrected chi connectivity index (χ4v) is 0.827. The van der Waals surface area contributed by atoms with Crippen molar-refractivity contribution in [3.05, 3.63) is 0 Å². The van der Waals surface area contributed by atoms with Crippen LogP contribution in [0.2, 0.25) is 0 Å². The number of imide groups is 1. The van der Waals surface area contributed by atoms with Gasteiger partial charge in [0.2, 0.25) is 6.41 Å². The minimum atomic E-state index is -0.472. The van der Waals surface area contributed by atoms with Crippen LogP contribution in [0.4, 0.5) is 4.79 Å². The van der Waals surface area contributed by atoms with Crippen LogP contribution in [0.1, 0.15) is 34.6 Å². The minimum absolute atomic E-state index is 0.0392. The fourth-order valence-electron chi connectivity index (χ4n) is 0.827. The summed E-state index contributed by atoms with van der Waals surface area (Å²) in [6, 6.07) is -0.310. The lowest BCUT2D eigenvalue weighted by Gasteiger charge is -2.30. The Balaban J connectivity index is 4.42. The molecule has 3 amide bonds. The molecule has 1 N–H and O–H groups in total. The van der Waals surface area contributed by atoms with E-state index in [-0.39, 0.29) is 12.1 Å². The Morgan fingerprint density at radius 2 is 1.85 bits per heavy atom. The van der Waals surface area contributed by atoms with Crippen LogP contribution in [0.3, 0.4) is 0 Å². The van der Waals surface area contributed by atoms with E-state index in [0.29, 0.717) is 6.41 Å². The molecule has 13 heavy (non-hydrogen) atoms. The Kier molecular flexibility index (Phi) is 3.91. The third-order valence-corrected chi connectivity index (χ3v) is 1.46. The summed E-state index contributed by atoms with van der Waals surface area (Å²) in [6.45, 7) is 9.12. The second kappa shape index (κ2) is 4.25. The number of nitrogens with zero attached hydrogens (tertiary/aromatic N) is 1. The molecule has 4 nitrogen and oxygen atoms in total. The van der Waals surface area contributed by atoms with E-state index in [1.807, 2.05) is 13.8 Å². The smallest absolute Gasteiger partial charge is 0.324 e.